The summed E-state index contributed by atoms with van der Waals surface area (Å²) in [7, 11) is 2.03. The van der Waals surface area contributed by atoms with Gasteiger partial charge < -0.3 is 19.7 Å². The van der Waals surface area contributed by atoms with E-state index in [-0.39, 0.29) is 24.5 Å². The number of aromatic amines is 1. The van der Waals surface area contributed by atoms with Gasteiger partial charge in [0.15, 0.2) is 0 Å². The van der Waals surface area contributed by atoms with Crippen LogP contribution in [0, 0.1) is 6.92 Å². The van der Waals surface area contributed by atoms with E-state index in [2.05, 4.69) is 37.1 Å². The van der Waals surface area contributed by atoms with Crippen LogP contribution in [-0.2, 0) is 24.3 Å². The van der Waals surface area contributed by atoms with Gasteiger partial charge in [0.25, 0.3) is 5.91 Å². The van der Waals surface area contributed by atoms with E-state index in [1.165, 1.54) is 5.56 Å². The number of carbonyl (C=O) groups excluding carboxylic acids is 2. The van der Waals surface area contributed by atoms with Gasteiger partial charge in [-0.3, -0.25) is 14.7 Å². The van der Waals surface area contributed by atoms with Gasteiger partial charge in [0.05, 0.1) is 23.1 Å². The third kappa shape index (κ3) is 3.02. The number of hydrogen-bond acceptors (Lipinski definition) is 4. The van der Waals surface area contributed by atoms with Gasteiger partial charge in [-0.15, -0.1) is 0 Å². The number of benzene rings is 2. The fourth-order valence-corrected chi connectivity index (χ4v) is 5.43. The van der Waals surface area contributed by atoms with Crippen molar-refractivity contribution in [3.63, 3.8) is 0 Å². The number of nitrogens with zero attached hydrogens (tertiary/aromatic N) is 4. The SMILES string of the molecule is Cc1[nH]ncc1CNC(=O)Cn1c2c(c3ccccc31)CCN1C(=O)c3ccccc3N(C)C21. The van der Waals surface area contributed by atoms with Crippen LogP contribution in [-0.4, -0.2) is 45.1 Å². The van der Waals surface area contributed by atoms with E-state index in [0.29, 0.717) is 13.1 Å². The van der Waals surface area contributed by atoms with Crippen molar-refractivity contribution in [1.82, 2.24) is 25.0 Å². The number of H-pyrrole nitrogens is 1. The average Bonchev–Trinajstić information content (AvgIpc) is 3.41. The molecule has 0 radical (unpaired) electrons. The van der Waals surface area contributed by atoms with Gasteiger partial charge in [0.2, 0.25) is 5.91 Å². The van der Waals surface area contributed by atoms with Gasteiger partial charge in [0.1, 0.15) is 12.7 Å². The third-order valence-corrected chi connectivity index (χ3v) is 7.12. The predicted molar refractivity (Wildman–Crippen MR) is 129 cm³/mol. The highest BCUT2D eigenvalue weighted by molar-refractivity contribution is 6.02. The molecule has 0 aliphatic carbocycles. The number of aromatic nitrogens is 3. The molecule has 34 heavy (non-hydrogen) atoms. The molecule has 8 heteroatoms. The average molecular weight is 455 g/mol. The molecule has 4 heterocycles. The lowest BCUT2D eigenvalue weighted by Gasteiger charge is -2.46. The Morgan fingerprint density at radius 3 is 2.79 bits per heavy atom. The first-order valence-electron chi connectivity index (χ1n) is 11.5. The maximum absolute atomic E-state index is 13.4. The molecule has 4 aromatic rings. The van der Waals surface area contributed by atoms with Crippen LogP contribution in [0.25, 0.3) is 10.9 Å². The number of anilines is 1. The van der Waals surface area contributed by atoms with E-state index < -0.39 is 0 Å². The molecule has 0 fully saturated rings. The summed E-state index contributed by atoms with van der Waals surface area (Å²) in [6.45, 7) is 3.19. The number of carbonyl (C=O) groups is 2. The Labute approximate surface area is 197 Å². The molecule has 2 amide bonds. The van der Waals surface area contributed by atoms with Gasteiger partial charge in [-0.25, -0.2) is 0 Å². The Bertz CT molecular complexity index is 1430. The highest BCUT2D eigenvalue weighted by Crippen LogP contribution is 2.44. The van der Waals surface area contributed by atoms with Crippen LogP contribution in [0.4, 0.5) is 5.69 Å². The minimum absolute atomic E-state index is 0.0426. The fraction of sp³-hybridized carbons (Fsp3) is 0.269. The number of hydrogen-bond donors (Lipinski definition) is 2. The Morgan fingerprint density at radius 1 is 1.18 bits per heavy atom. The molecular formula is C26H26N6O2. The maximum Gasteiger partial charge on any atom is 0.257 e. The second-order valence-electron chi connectivity index (χ2n) is 9.01. The number of aryl methyl sites for hydroxylation is 1. The van der Waals surface area contributed by atoms with Crippen molar-refractivity contribution in [3.05, 3.63) is 82.8 Å². The zero-order valence-corrected chi connectivity index (χ0v) is 19.2. The highest BCUT2D eigenvalue weighted by atomic mass is 16.2. The Kier molecular flexibility index (Phi) is 4.69. The van der Waals surface area contributed by atoms with Crippen molar-refractivity contribution in [2.24, 2.45) is 0 Å². The number of rotatable bonds is 4. The number of para-hydroxylation sites is 2. The van der Waals surface area contributed by atoms with Crippen LogP contribution in [0.2, 0.25) is 0 Å². The number of nitrogens with one attached hydrogen (secondary N) is 2. The summed E-state index contributed by atoms with van der Waals surface area (Å²) in [6.07, 6.45) is 2.24. The molecule has 2 aromatic carbocycles. The van der Waals surface area contributed by atoms with Crippen molar-refractivity contribution in [2.45, 2.75) is 32.6 Å². The largest absolute Gasteiger partial charge is 0.350 e. The standard InChI is InChI=1S/C26H26N6O2/c1-16-17(14-28-29-16)13-27-23(33)15-32-22-10-6-3-7-18(22)19-11-12-31-25(24(19)32)30(2)21-9-5-4-8-20(21)26(31)34/h3-10,14,25H,11-13,15H2,1-2H3,(H,27,33)(H,28,29). The molecule has 0 saturated heterocycles. The Morgan fingerprint density at radius 2 is 1.97 bits per heavy atom. The second-order valence-corrected chi connectivity index (χ2v) is 9.01. The smallest absolute Gasteiger partial charge is 0.257 e. The van der Waals surface area contributed by atoms with Crippen molar-refractivity contribution in [2.75, 3.05) is 18.5 Å². The third-order valence-electron chi connectivity index (χ3n) is 7.12. The summed E-state index contributed by atoms with van der Waals surface area (Å²) in [5.41, 5.74) is 6.80. The van der Waals surface area contributed by atoms with Crippen molar-refractivity contribution < 1.29 is 9.59 Å². The van der Waals surface area contributed by atoms with Crippen LogP contribution in [0.5, 0.6) is 0 Å². The molecule has 1 atom stereocenters. The van der Waals surface area contributed by atoms with E-state index in [4.69, 9.17) is 0 Å². The van der Waals surface area contributed by atoms with Gasteiger partial charge in [-0.05, 0) is 37.1 Å². The molecule has 6 rings (SSSR count). The first-order chi connectivity index (χ1) is 16.5. The summed E-state index contributed by atoms with van der Waals surface area (Å²) < 4.78 is 2.09. The zero-order valence-electron chi connectivity index (χ0n) is 19.2. The number of fused-ring (bicyclic) bond motifs is 6. The minimum atomic E-state index is -0.262. The fourth-order valence-electron chi connectivity index (χ4n) is 5.43. The van der Waals surface area contributed by atoms with Crippen LogP contribution < -0.4 is 10.2 Å². The monoisotopic (exact) mass is 454 g/mol. The summed E-state index contributed by atoms with van der Waals surface area (Å²) in [5.74, 6) is -0.0347. The van der Waals surface area contributed by atoms with Crippen molar-refractivity contribution in [3.8, 4) is 0 Å². The van der Waals surface area contributed by atoms with Crippen LogP contribution in [0.3, 0.4) is 0 Å². The molecular weight excluding hydrogens is 428 g/mol. The second kappa shape index (κ2) is 7.76. The summed E-state index contributed by atoms with van der Waals surface area (Å²) in [5, 5.41) is 11.1. The predicted octanol–water partition coefficient (Wildman–Crippen LogP) is 3.14. The van der Waals surface area contributed by atoms with Crippen LogP contribution in [0.1, 0.15) is 39.0 Å². The molecule has 2 aliphatic heterocycles. The first-order valence-corrected chi connectivity index (χ1v) is 11.5. The van der Waals surface area contributed by atoms with E-state index in [9.17, 15) is 9.59 Å². The van der Waals surface area contributed by atoms with Crippen molar-refractivity contribution >= 4 is 28.4 Å². The van der Waals surface area contributed by atoms with Gasteiger partial charge in [-0.1, -0.05) is 30.3 Å². The van der Waals surface area contributed by atoms with E-state index in [0.717, 1.165) is 45.5 Å². The molecule has 0 saturated carbocycles. The lowest BCUT2D eigenvalue weighted by atomic mass is 9.96. The Hall–Kier alpha value is -4.07. The van der Waals surface area contributed by atoms with E-state index in [1.807, 2.05) is 55.3 Å². The summed E-state index contributed by atoms with van der Waals surface area (Å²) in [4.78, 5) is 30.6. The molecule has 2 aromatic heterocycles. The molecule has 8 nitrogen and oxygen atoms in total. The maximum atomic E-state index is 13.4. The van der Waals surface area contributed by atoms with E-state index in [1.54, 1.807) is 6.20 Å². The van der Waals surface area contributed by atoms with Crippen molar-refractivity contribution in [1.29, 1.82) is 0 Å². The zero-order chi connectivity index (χ0) is 23.4. The molecule has 0 spiro atoms. The Balaban J connectivity index is 1.42. The quantitative estimate of drug-likeness (QED) is 0.496. The lowest BCUT2D eigenvalue weighted by molar-refractivity contribution is -0.121. The molecule has 1 unspecified atom stereocenters. The van der Waals surface area contributed by atoms with Gasteiger partial charge in [-0.2, -0.15) is 5.10 Å². The number of amides is 2. The van der Waals surface area contributed by atoms with Gasteiger partial charge in [0, 0.05) is 42.3 Å². The molecule has 2 N–H and O–H groups in total. The highest BCUT2D eigenvalue weighted by Gasteiger charge is 2.42. The van der Waals surface area contributed by atoms with E-state index >= 15 is 0 Å². The summed E-state index contributed by atoms with van der Waals surface area (Å²) >= 11 is 0. The first kappa shape index (κ1) is 20.5. The summed E-state index contributed by atoms with van der Waals surface area (Å²) in [6, 6.07) is 16.0. The molecule has 2 aliphatic rings. The molecule has 172 valence electrons. The minimum Gasteiger partial charge on any atom is -0.350 e. The topological polar surface area (TPSA) is 86.3 Å². The van der Waals surface area contributed by atoms with Gasteiger partial charge >= 0.3 is 0 Å². The van der Waals surface area contributed by atoms with Crippen LogP contribution >= 0.6 is 0 Å². The normalized spacial score (nSPS) is 16.9. The lowest BCUT2D eigenvalue weighted by Crippen LogP contribution is -2.51. The molecule has 0 bridgehead atoms. The van der Waals surface area contributed by atoms with Crippen LogP contribution in [0.15, 0.2) is 54.7 Å².